The molecule has 0 bridgehead atoms. The summed E-state index contributed by atoms with van der Waals surface area (Å²) in [6.45, 7) is 13.8. The highest BCUT2D eigenvalue weighted by molar-refractivity contribution is 7.79. The van der Waals surface area contributed by atoms with Gasteiger partial charge < -0.3 is 0 Å². The number of rotatable bonds is 6. The van der Waals surface area contributed by atoms with Crippen LogP contribution in [0, 0.1) is 0 Å². The van der Waals surface area contributed by atoms with Crippen molar-refractivity contribution in [3.05, 3.63) is 131 Å². The lowest BCUT2D eigenvalue weighted by Crippen LogP contribution is -2.24. The summed E-state index contributed by atoms with van der Waals surface area (Å²) in [4.78, 5) is 0. The van der Waals surface area contributed by atoms with E-state index < -0.39 is 16.1 Å². The molecular weight excluding hydrogens is 520 g/mol. The van der Waals surface area contributed by atoms with Gasteiger partial charge in [0.1, 0.15) is 0 Å². The molecule has 0 unspecified atom stereocenters. The van der Waals surface area contributed by atoms with Crippen LogP contribution in [0.15, 0.2) is 109 Å². The van der Waals surface area contributed by atoms with Crippen molar-refractivity contribution in [2.24, 2.45) is 0 Å². The molecule has 1 saturated heterocycles. The Balaban J connectivity index is 1.58. The molecule has 4 aromatic rings. The minimum atomic E-state index is -0.644. The topological polar surface area (TPSA) is 3.24 Å². The average Bonchev–Trinajstić information content (AvgIpc) is 3.39. The van der Waals surface area contributed by atoms with Crippen molar-refractivity contribution in [1.82, 2.24) is 4.44 Å². The fourth-order valence-corrected chi connectivity index (χ4v) is 13.1. The van der Waals surface area contributed by atoms with Crippen molar-refractivity contribution in [1.29, 1.82) is 0 Å². The molecule has 1 aliphatic rings. The molecule has 5 rings (SSSR count). The number of hydrogen-bond acceptors (Lipinski definition) is 1. The predicted octanol–water partition coefficient (Wildman–Crippen LogP) is 10.2. The van der Waals surface area contributed by atoms with E-state index in [0.717, 1.165) is 0 Å². The molecule has 1 aliphatic heterocycles. The zero-order valence-electron chi connectivity index (χ0n) is 25.3. The molecule has 208 valence electrons. The number of hydrogen-bond donors (Lipinski definition) is 0. The van der Waals surface area contributed by atoms with Gasteiger partial charge in [-0.25, -0.2) is 0 Å². The highest BCUT2D eigenvalue weighted by atomic mass is 31.2. The van der Waals surface area contributed by atoms with Crippen molar-refractivity contribution < 1.29 is 0 Å². The van der Waals surface area contributed by atoms with E-state index in [9.17, 15) is 0 Å². The molecule has 0 spiro atoms. The maximum atomic E-state index is 2.83. The van der Waals surface area contributed by atoms with Crippen LogP contribution >= 0.6 is 16.1 Å². The third-order valence-corrected chi connectivity index (χ3v) is 14.7. The number of nitrogens with zero attached hydrogens (tertiary/aromatic N) is 1. The maximum absolute atomic E-state index is 2.83. The zero-order valence-corrected chi connectivity index (χ0v) is 27.1. The summed E-state index contributed by atoms with van der Waals surface area (Å²) in [7, 11) is 1.30. The van der Waals surface area contributed by atoms with Crippen LogP contribution in [0.25, 0.3) is 0 Å². The van der Waals surface area contributed by atoms with Gasteiger partial charge in [-0.1, -0.05) is 151 Å². The minimum absolute atomic E-state index is 0.169. The SMILES string of the molecule is CN(P(c1ccccc1)c1ccccc1)P1[C@H](c2ccc(C(C)(C)C)cc2)CC[C@H]1c1ccc(C(C)(C)C)cc1. The highest BCUT2D eigenvalue weighted by Crippen LogP contribution is 2.75. The Kier molecular flexibility index (Phi) is 8.69. The molecular formula is C37H45NP2. The van der Waals surface area contributed by atoms with Gasteiger partial charge in [0, 0.05) is 19.4 Å². The van der Waals surface area contributed by atoms with Gasteiger partial charge in [-0.2, -0.15) is 0 Å². The molecule has 4 aromatic carbocycles. The fourth-order valence-electron chi connectivity index (χ4n) is 5.98. The van der Waals surface area contributed by atoms with E-state index in [4.69, 9.17) is 0 Å². The largest absolute Gasteiger partial charge is 0.254 e. The minimum Gasteiger partial charge on any atom is -0.254 e. The van der Waals surface area contributed by atoms with E-state index in [1.54, 1.807) is 0 Å². The van der Waals surface area contributed by atoms with Gasteiger partial charge in [0.2, 0.25) is 0 Å². The Labute approximate surface area is 245 Å². The van der Waals surface area contributed by atoms with Gasteiger partial charge >= 0.3 is 0 Å². The van der Waals surface area contributed by atoms with Crippen molar-refractivity contribution in [3.63, 3.8) is 0 Å². The third kappa shape index (κ3) is 6.29. The van der Waals surface area contributed by atoms with Gasteiger partial charge in [-0.3, -0.25) is 4.44 Å². The van der Waals surface area contributed by atoms with Crippen LogP contribution in [0.4, 0.5) is 0 Å². The van der Waals surface area contributed by atoms with Crippen molar-refractivity contribution >= 4 is 26.8 Å². The Bertz CT molecular complexity index is 1260. The van der Waals surface area contributed by atoms with Crippen molar-refractivity contribution in [3.8, 4) is 0 Å². The summed E-state index contributed by atoms with van der Waals surface area (Å²) in [5.74, 6) is 0. The molecule has 1 fully saturated rings. The first-order valence-corrected chi connectivity index (χ1v) is 17.4. The van der Waals surface area contributed by atoms with Crippen LogP contribution in [0.2, 0.25) is 0 Å². The Morgan fingerprint density at radius 2 is 0.900 bits per heavy atom. The van der Waals surface area contributed by atoms with Crippen LogP contribution in [0.5, 0.6) is 0 Å². The summed E-state index contributed by atoms with van der Waals surface area (Å²) in [5.41, 5.74) is 7.29. The molecule has 40 heavy (non-hydrogen) atoms. The van der Waals surface area contributed by atoms with E-state index in [1.165, 1.54) is 45.7 Å². The summed E-state index contributed by atoms with van der Waals surface area (Å²) >= 11 is 0. The third-order valence-electron chi connectivity index (χ3n) is 8.30. The first kappa shape index (κ1) is 29.2. The van der Waals surface area contributed by atoms with Crippen LogP contribution in [0.3, 0.4) is 0 Å². The van der Waals surface area contributed by atoms with Crippen LogP contribution < -0.4 is 10.6 Å². The maximum Gasteiger partial charge on any atom is 0.0315 e. The lowest BCUT2D eigenvalue weighted by Gasteiger charge is -2.40. The van der Waals surface area contributed by atoms with E-state index in [0.29, 0.717) is 11.3 Å². The lowest BCUT2D eigenvalue weighted by atomic mass is 9.86. The van der Waals surface area contributed by atoms with Gasteiger partial charge in [0.05, 0.1) is 0 Å². The standard InChI is InChI=1S/C37H45NP2/c1-36(2,3)30-22-18-28(19-23-30)34-26-27-35(29-20-24-31(25-21-29)37(4,5)6)40(34)38(7)39(32-14-10-8-11-15-32)33-16-12-9-13-17-33/h8-25,34-35H,26-27H2,1-7H3/t34-,35-/m0/s1. The Morgan fingerprint density at radius 1 is 0.550 bits per heavy atom. The summed E-state index contributed by atoms with van der Waals surface area (Å²) in [6, 6.07) is 41.7. The quantitative estimate of drug-likeness (QED) is 0.210. The van der Waals surface area contributed by atoms with Crippen LogP contribution in [0.1, 0.15) is 88.0 Å². The zero-order chi connectivity index (χ0) is 28.5. The normalized spacial score (nSPS) is 18.5. The smallest absolute Gasteiger partial charge is 0.0315 e. The highest BCUT2D eigenvalue weighted by Gasteiger charge is 2.43. The Hall–Kier alpha value is -2.30. The summed E-state index contributed by atoms with van der Waals surface area (Å²) in [5, 5.41) is 2.87. The van der Waals surface area contributed by atoms with Gasteiger partial charge in [0.25, 0.3) is 0 Å². The van der Waals surface area contributed by atoms with E-state index in [2.05, 4.69) is 162 Å². The van der Waals surface area contributed by atoms with Gasteiger partial charge in [-0.15, -0.1) is 0 Å². The monoisotopic (exact) mass is 565 g/mol. The lowest BCUT2D eigenvalue weighted by molar-refractivity contribution is 0.589. The van der Waals surface area contributed by atoms with E-state index >= 15 is 0 Å². The van der Waals surface area contributed by atoms with E-state index in [1.807, 2.05) is 0 Å². The number of benzene rings is 4. The molecule has 0 saturated carbocycles. The van der Waals surface area contributed by atoms with Gasteiger partial charge in [0.15, 0.2) is 0 Å². The van der Waals surface area contributed by atoms with Crippen LogP contribution in [-0.4, -0.2) is 11.5 Å². The molecule has 3 heteroatoms. The molecule has 0 radical (unpaired) electrons. The molecule has 0 aliphatic carbocycles. The first-order valence-electron chi connectivity index (χ1n) is 14.7. The molecule has 1 nitrogen and oxygen atoms in total. The van der Waals surface area contributed by atoms with Crippen LogP contribution in [-0.2, 0) is 10.8 Å². The molecule has 0 N–H and O–H groups in total. The summed E-state index contributed by atoms with van der Waals surface area (Å²) < 4.78 is 2.83. The summed E-state index contributed by atoms with van der Waals surface area (Å²) in [6.07, 6.45) is 2.48. The second-order valence-electron chi connectivity index (χ2n) is 13.2. The second-order valence-corrected chi connectivity index (χ2v) is 18.4. The van der Waals surface area contributed by atoms with Crippen molar-refractivity contribution in [2.75, 3.05) is 7.05 Å². The average molecular weight is 566 g/mol. The van der Waals surface area contributed by atoms with Gasteiger partial charge in [-0.05, 0) is 71.7 Å². The molecule has 1 heterocycles. The molecule has 0 amide bonds. The predicted molar refractivity (Wildman–Crippen MR) is 179 cm³/mol. The Morgan fingerprint density at radius 3 is 1.23 bits per heavy atom. The van der Waals surface area contributed by atoms with Crippen molar-refractivity contribution in [2.45, 2.75) is 76.5 Å². The molecule has 2 atom stereocenters. The molecule has 0 aromatic heterocycles. The first-order chi connectivity index (χ1) is 19.0. The fraction of sp³-hybridized carbons (Fsp3) is 0.351. The van der Waals surface area contributed by atoms with E-state index in [-0.39, 0.29) is 10.8 Å². The second kappa shape index (κ2) is 11.9.